The monoisotopic (exact) mass is 345 g/mol. The molecular weight excluding hydrogens is 318 g/mol. The SMILES string of the molecule is O=C(NCc1nnc2n1CCCCC2)[C@@H]1CC(=O)N(C2CCCC2)C1. The molecule has 1 aliphatic carbocycles. The average molecular weight is 345 g/mol. The molecule has 1 saturated carbocycles. The molecular formula is C18H27N5O2. The highest BCUT2D eigenvalue weighted by Gasteiger charge is 2.38. The molecule has 25 heavy (non-hydrogen) atoms. The molecule has 0 aromatic carbocycles. The van der Waals surface area contributed by atoms with E-state index in [1.807, 2.05) is 4.90 Å². The van der Waals surface area contributed by atoms with Crippen molar-refractivity contribution in [3.8, 4) is 0 Å². The van der Waals surface area contributed by atoms with Crippen LogP contribution in [0, 0.1) is 5.92 Å². The van der Waals surface area contributed by atoms with Crippen LogP contribution in [0.15, 0.2) is 0 Å². The highest BCUT2D eigenvalue weighted by molar-refractivity contribution is 5.89. The van der Waals surface area contributed by atoms with Crippen LogP contribution < -0.4 is 5.32 Å². The molecule has 7 nitrogen and oxygen atoms in total. The van der Waals surface area contributed by atoms with Gasteiger partial charge in [0.2, 0.25) is 11.8 Å². The van der Waals surface area contributed by atoms with E-state index in [0.29, 0.717) is 25.6 Å². The molecule has 2 fully saturated rings. The largest absolute Gasteiger partial charge is 0.348 e. The Labute approximate surface area is 148 Å². The van der Waals surface area contributed by atoms with Gasteiger partial charge in [0.05, 0.1) is 12.5 Å². The summed E-state index contributed by atoms with van der Waals surface area (Å²) in [6, 6.07) is 0.359. The van der Waals surface area contributed by atoms with Crippen LogP contribution in [-0.4, -0.2) is 44.1 Å². The van der Waals surface area contributed by atoms with Crippen LogP contribution >= 0.6 is 0 Å². The number of aromatic nitrogens is 3. The lowest BCUT2D eigenvalue weighted by Crippen LogP contribution is -2.37. The third-order valence-corrected chi connectivity index (χ3v) is 5.90. The normalized spacial score (nSPS) is 24.4. The molecule has 1 saturated heterocycles. The quantitative estimate of drug-likeness (QED) is 0.895. The molecule has 2 amide bonds. The lowest BCUT2D eigenvalue weighted by Gasteiger charge is -2.23. The molecule has 0 radical (unpaired) electrons. The summed E-state index contributed by atoms with van der Waals surface area (Å²) < 4.78 is 2.15. The molecule has 1 atom stereocenters. The number of rotatable bonds is 4. The molecule has 1 aromatic rings. The molecule has 4 rings (SSSR count). The van der Waals surface area contributed by atoms with E-state index in [9.17, 15) is 9.59 Å². The summed E-state index contributed by atoms with van der Waals surface area (Å²) in [6.07, 6.45) is 9.40. The van der Waals surface area contributed by atoms with Crippen LogP contribution in [-0.2, 0) is 29.1 Å². The van der Waals surface area contributed by atoms with Gasteiger partial charge in [0.15, 0.2) is 5.82 Å². The summed E-state index contributed by atoms with van der Waals surface area (Å²) in [6.45, 7) is 1.91. The van der Waals surface area contributed by atoms with E-state index in [1.54, 1.807) is 0 Å². The highest BCUT2D eigenvalue weighted by Crippen LogP contribution is 2.29. The van der Waals surface area contributed by atoms with Gasteiger partial charge in [-0.1, -0.05) is 19.3 Å². The summed E-state index contributed by atoms with van der Waals surface area (Å²) in [4.78, 5) is 26.7. The predicted octanol–water partition coefficient (Wildman–Crippen LogP) is 1.41. The Morgan fingerprint density at radius 1 is 1.12 bits per heavy atom. The first-order chi connectivity index (χ1) is 12.2. The summed E-state index contributed by atoms with van der Waals surface area (Å²) in [5.41, 5.74) is 0. The Balaban J connectivity index is 1.34. The second kappa shape index (κ2) is 7.14. The first-order valence-corrected chi connectivity index (χ1v) is 9.70. The van der Waals surface area contributed by atoms with Gasteiger partial charge < -0.3 is 14.8 Å². The van der Waals surface area contributed by atoms with Crippen molar-refractivity contribution in [3.63, 3.8) is 0 Å². The van der Waals surface area contributed by atoms with Crippen molar-refractivity contribution in [1.29, 1.82) is 0 Å². The predicted molar refractivity (Wildman–Crippen MR) is 91.5 cm³/mol. The maximum atomic E-state index is 12.5. The van der Waals surface area contributed by atoms with Crippen molar-refractivity contribution in [1.82, 2.24) is 25.0 Å². The van der Waals surface area contributed by atoms with Crippen LogP contribution in [0.3, 0.4) is 0 Å². The van der Waals surface area contributed by atoms with Crippen molar-refractivity contribution in [2.75, 3.05) is 6.54 Å². The van der Waals surface area contributed by atoms with E-state index < -0.39 is 0 Å². The van der Waals surface area contributed by atoms with Crippen LogP contribution in [0.2, 0.25) is 0 Å². The minimum atomic E-state index is -0.223. The second-order valence-electron chi connectivity index (χ2n) is 7.60. The maximum absolute atomic E-state index is 12.5. The zero-order valence-corrected chi connectivity index (χ0v) is 14.7. The van der Waals surface area contributed by atoms with Gasteiger partial charge in [0.1, 0.15) is 5.82 Å². The molecule has 0 spiro atoms. The number of nitrogens with one attached hydrogen (secondary N) is 1. The number of fused-ring (bicyclic) bond motifs is 1. The van der Waals surface area contributed by atoms with Crippen LogP contribution in [0.4, 0.5) is 0 Å². The number of likely N-dealkylation sites (tertiary alicyclic amines) is 1. The molecule has 2 aliphatic heterocycles. The van der Waals surface area contributed by atoms with E-state index in [2.05, 4.69) is 20.1 Å². The summed E-state index contributed by atoms with van der Waals surface area (Å²) >= 11 is 0. The summed E-state index contributed by atoms with van der Waals surface area (Å²) in [5.74, 6) is 1.76. The van der Waals surface area contributed by atoms with Gasteiger partial charge in [-0.15, -0.1) is 10.2 Å². The first-order valence-electron chi connectivity index (χ1n) is 9.70. The number of carbonyl (C=O) groups is 2. The van der Waals surface area contributed by atoms with Crippen molar-refractivity contribution in [3.05, 3.63) is 11.6 Å². The number of amides is 2. The van der Waals surface area contributed by atoms with Gasteiger partial charge in [-0.25, -0.2) is 0 Å². The van der Waals surface area contributed by atoms with Gasteiger partial charge in [0, 0.05) is 32.0 Å². The highest BCUT2D eigenvalue weighted by atomic mass is 16.2. The van der Waals surface area contributed by atoms with Crippen molar-refractivity contribution in [2.45, 2.75) is 76.9 Å². The van der Waals surface area contributed by atoms with E-state index in [0.717, 1.165) is 50.3 Å². The van der Waals surface area contributed by atoms with Gasteiger partial charge in [0.25, 0.3) is 0 Å². The lowest BCUT2D eigenvalue weighted by atomic mass is 10.1. The molecule has 0 unspecified atom stereocenters. The fraction of sp³-hybridized carbons (Fsp3) is 0.778. The molecule has 7 heteroatoms. The van der Waals surface area contributed by atoms with Gasteiger partial charge in [-0.2, -0.15) is 0 Å². The topological polar surface area (TPSA) is 80.1 Å². The van der Waals surface area contributed by atoms with Crippen molar-refractivity contribution >= 4 is 11.8 Å². The number of aryl methyl sites for hydroxylation is 1. The van der Waals surface area contributed by atoms with Crippen molar-refractivity contribution in [2.24, 2.45) is 5.92 Å². The van der Waals surface area contributed by atoms with Crippen LogP contribution in [0.1, 0.15) is 63.0 Å². The van der Waals surface area contributed by atoms with E-state index >= 15 is 0 Å². The maximum Gasteiger partial charge on any atom is 0.225 e. The Hall–Kier alpha value is -1.92. The zero-order valence-electron chi connectivity index (χ0n) is 14.7. The van der Waals surface area contributed by atoms with E-state index in [-0.39, 0.29) is 17.7 Å². The molecule has 1 aromatic heterocycles. The standard InChI is InChI=1S/C18H27N5O2/c24-17-10-13(12-23(17)14-6-3-4-7-14)18(25)19-11-16-21-20-15-8-2-1-5-9-22(15)16/h13-14H,1-12H2,(H,19,25)/t13-/m1/s1. The Morgan fingerprint density at radius 3 is 2.80 bits per heavy atom. The molecule has 3 aliphatic rings. The first kappa shape index (κ1) is 16.5. The van der Waals surface area contributed by atoms with Crippen LogP contribution in [0.5, 0.6) is 0 Å². The van der Waals surface area contributed by atoms with Crippen molar-refractivity contribution < 1.29 is 9.59 Å². The summed E-state index contributed by atoms with van der Waals surface area (Å²) in [5, 5.41) is 11.5. The minimum Gasteiger partial charge on any atom is -0.348 e. The smallest absolute Gasteiger partial charge is 0.225 e. The molecule has 3 heterocycles. The fourth-order valence-corrected chi connectivity index (χ4v) is 4.46. The van der Waals surface area contributed by atoms with E-state index in [4.69, 9.17) is 0 Å². The number of nitrogens with zero attached hydrogens (tertiary/aromatic N) is 4. The summed E-state index contributed by atoms with van der Waals surface area (Å²) in [7, 11) is 0. The zero-order chi connectivity index (χ0) is 17.2. The second-order valence-corrected chi connectivity index (χ2v) is 7.60. The number of hydrogen-bond donors (Lipinski definition) is 1. The number of hydrogen-bond acceptors (Lipinski definition) is 4. The van der Waals surface area contributed by atoms with Gasteiger partial charge >= 0.3 is 0 Å². The number of carbonyl (C=O) groups excluding carboxylic acids is 2. The third-order valence-electron chi connectivity index (χ3n) is 5.90. The third kappa shape index (κ3) is 3.41. The lowest BCUT2D eigenvalue weighted by molar-refractivity contribution is -0.130. The Bertz CT molecular complexity index is 650. The Kier molecular flexibility index (Phi) is 4.72. The average Bonchev–Trinajstić information content (AvgIpc) is 3.30. The Morgan fingerprint density at radius 2 is 1.96 bits per heavy atom. The van der Waals surface area contributed by atoms with E-state index in [1.165, 1.54) is 19.3 Å². The molecule has 1 N–H and O–H groups in total. The van der Waals surface area contributed by atoms with Crippen LogP contribution in [0.25, 0.3) is 0 Å². The minimum absolute atomic E-state index is 0.0279. The molecule has 136 valence electrons. The van der Waals surface area contributed by atoms with Gasteiger partial charge in [-0.3, -0.25) is 9.59 Å². The molecule has 0 bridgehead atoms. The van der Waals surface area contributed by atoms with Gasteiger partial charge in [-0.05, 0) is 25.7 Å². The fourth-order valence-electron chi connectivity index (χ4n) is 4.46.